The smallest absolute Gasteiger partial charge is 0.191 e. The van der Waals surface area contributed by atoms with E-state index in [2.05, 4.69) is 15.6 Å². The Labute approximate surface area is 147 Å². The number of hydrogen-bond donors (Lipinski definition) is 3. The third kappa shape index (κ3) is 6.71. The first-order valence-corrected chi connectivity index (χ1v) is 8.29. The molecule has 0 aliphatic rings. The van der Waals surface area contributed by atoms with E-state index < -0.39 is 0 Å². The Bertz CT molecular complexity index is 672. The van der Waals surface area contributed by atoms with Crippen LogP contribution in [0.25, 0.3) is 0 Å². The molecular weight excluding hydrogens is 321 g/mol. The number of hydrogen-bond acceptors (Lipinski definition) is 3. The van der Waals surface area contributed by atoms with Crippen LogP contribution in [0.4, 0.5) is 4.39 Å². The second-order valence-electron chi connectivity index (χ2n) is 5.62. The van der Waals surface area contributed by atoms with E-state index in [0.29, 0.717) is 24.8 Å². The maximum absolute atomic E-state index is 12.9. The monoisotopic (exact) mass is 345 g/mol. The normalized spacial score (nSPS) is 12.5. The SMILES string of the molecule is CCNC(=NCc1ccc(O)cc1)NCC(C)Oc1ccc(F)cc1. The topological polar surface area (TPSA) is 65.9 Å². The van der Waals surface area contributed by atoms with Gasteiger partial charge in [0.2, 0.25) is 0 Å². The molecule has 0 heterocycles. The average molecular weight is 345 g/mol. The van der Waals surface area contributed by atoms with Gasteiger partial charge in [0.15, 0.2) is 5.96 Å². The molecule has 0 bridgehead atoms. The summed E-state index contributed by atoms with van der Waals surface area (Å²) in [5, 5.41) is 15.7. The molecule has 2 aromatic rings. The molecule has 1 atom stereocenters. The van der Waals surface area contributed by atoms with Crippen LogP contribution < -0.4 is 15.4 Å². The second-order valence-corrected chi connectivity index (χ2v) is 5.62. The Kier molecular flexibility index (Phi) is 7.07. The van der Waals surface area contributed by atoms with E-state index in [0.717, 1.165) is 12.1 Å². The number of nitrogens with zero attached hydrogens (tertiary/aromatic N) is 1. The van der Waals surface area contributed by atoms with Gasteiger partial charge in [-0.15, -0.1) is 0 Å². The van der Waals surface area contributed by atoms with Gasteiger partial charge in [0.25, 0.3) is 0 Å². The highest BCUT2D eigenvalue weighted by Gasteiger charge is 2.06. The molecule has 2 rings (SSSR count). The summed E-state index contributed by atoms with van der Waals surface area (Å²) in [7, 11) is 0. The molecule has 6 heteroatoms. The first-order valence-electron chi connectivity index (χ1n) is 8.29. The zero-order valence-electron chi connectivity index (χ0n) is 14.5. The molecule has 0 saturated heterocycles. The van der Waals surface area contributed by atoms with Crippen LogP contribution in [-0.2, 0) is 6.54 Å². The second kappa shape index (κ2) is 9.52. The fourth-order valence-electron chi connectivity index (χ4n) is 2.14. The molecule has 0 spiro atoms. The van der Waals surface area contributed by atoms with Crippen molar-refractivity contribution in [3.8, 4) is 11.5 Å². The summed E-state index contributed by atoms with van der Waals surface area (Å²) in [6, 6.07) is 12.9. The number of rotatable bonds is 7. The summed E-state index contributed by atoms with van der Waals surface area (Å²) in [5.74, 6) is 1.27. The average Bonchev–Trinajstić information content (AvgIpc) is 2.61. The minimum absolute atomic E-state index is 0.108. The maximum atomic E-state index is 12.9. The van der Waals surface area contributed by atoms with Gasteiger partial charge in [-0.1, -0.05) is 12.1 Å². The maximum Gasteiger partial charge on any atom is 0.191 e. The summed E-state index contributed by atoms with van der Waals surface area (Å²) in [6.45, 7) is 5.73. The Morgan fingerprint density at radius 3 is 2.44 bits per heavy atom. The zero-order chi connectivity index (χ0) is 18.1. The van der Waals surface area contributed by atoms with Gasteiger partial charge in [0.05, 0.1) is 13.1 Å². The van der Waals surface area contributed by atoms with Crippen LogP contribution in [0.2, 0.25) is 0 Å². The molecule has 3 N–H and O–H groups in total. The fraction of sp³-hybridized carbons (Fsp3) is 0.316. The highest BCUT2D eigenvalue weighted by molar-refractivity contribution is 5.79. The lowest BCUT2D eigenvalue weighted by Crippen LogP contribution is -2.41. The first-order chi connectivity index (χ1) is 12.1. The molecule has 1 unspecified atom stereocenters. The van der Waals surface area contributed by atoms with Gasteiger partial charge in [-0.25, -0.2) is 9.38 Å². The van der Waals surface area contributed by atoms with E-state index >= 15 is 0 Å². The van der Waals surface area contributed by atoms with E-state index in [9.17, 15) is 9.50 Å². The van der Waals surface area contributed by atoms with Gasteiger partial charge in [-0.05, 0) is 55.8 Å². The lowest BCUT2D eigenvalue weighted by molar-refractivity contribution is 0.223. The van der Waals surface area contributed by atoms with Crippen molar-refractivity contribution in [2.75, 3.05) is 13.1 Å². The molecule has 0 fully saturated rings. The number of nitrogens with one attached hydrogen (secondary N) is 2. The lowest BCUT2D eigenvalue weighted by Gasteiger charge is -2.17. The number of phenols is 1. The third-order valence-electron chi connectivity index (χ3n) is 3.41. The molecular formula is C19H24FN3O2. The van der Waals surface area contributed by atoms with E-state index in [4.69, 9.17) is 4.74 Å². The minimum atomic E-state index is -0.283. The van der Waals surface area contributed by atoms with E-state index in [1.807, 2.05) is 26.0 Å². The molecule has 0 radical (unpaired) electrons. The summed E-state index contributed by atoms with van der Waals surface area (Å²) in [4.78, 5) is 4.51. The van der Waals surface area contributed by atoms with Gasteiger partial charge in [0, 0.05) is 6.54 Å². The van der Waals surface area contributed by atoms with Gasteiger partial charge < -0.3 is 20.5 Å². The van der Waals surface area contributed by atoms with E-state index in [-0.39, 0.29) is 17.7 Å². The number of aromatic hydroxyl groups is 1. The van der Waals surface area contributed by atoms with E-state index in [1.54, 1.807) is 24.3 Å². The molecule has 2 aromatic carbocycles. The molecule has 0 aromatic heterocycles. The predicted molar refractivity (Wildman–Crippen MR) is 97.4 cm³/mol. The number of halogens is 1. The third-order valence-corrected chi connectivity index (χ3v) is 3.41. The molecule has 0 saturated carbocycles. The molecule has 5 nitrogen and oxygen atoms in total. The minimum Gasteiger partial charge on any atom is -0.508 e. The van der Waals surface area contributed by atoms with Gasteiger partial charge >= 0.3 is 0 Å². The van der Waals surface area contributed by atoms with Crippen molar-refractivity contribution in [1.29, 1.82) is 0 Å². The van der Waals surface area contributed by atoms with Crippen LogP contribution >= 0.6 is 0 Å². The Balaban J connectivity index is 1.86. The van der Waals surface area contributed by atoms with Crippen molar-refractivity contribution >= 4 is 5.96 Å². The molecule has 25 heavy (non-hydrogen) atoms. The van der Waals surface area contributed by atoms with Crippen LogP contribution in [0.3, 0.4) is 0 Å². The number of aliphatic imine (C=N–C) groups is 1. The Morgan fingerprint density at radius 2 is 1.80 bits per heavy atom. The highest BCUT2D eigenvalue weighted by atomic mass is 19.1. The summed E-state index contributed by atoms with van der Waals surface area (Å²) in [5.41, 5.74) is 1.01. The number of ether oxygens (including phenoxy) is 1. The predicted octanol–water partition coefficient (Wildman–Crippen LogP) is 3.05. The van der Waals surface area contributed by atoms with Crippen LogP contribution in [0, 0.1) is 5.82 Å². The van der Waals surface area contributed by atoms with Crippen molar-refractivity contribution in [2.24, 2.45) is 4.99 Å². The van der Waals surface area contributed by atoms with Crippen LogP contribution in [-0.4, -0.2) is 30.3 Å². The number of benzene rings is 2. The molecule has 134 valence electrons. The quantitative estimate of drug-likeness (QED) is 0.533. The summed E-state index contributed by atoms with van der Waals surface area (Å²) >= 11 is 0. The van der Waals surface area contributed by atoms with Crippen molar-refractivity contribution in [3.05, 3.63) is 59.9 Å². The zero-order valence-corrected chi connectivity index (χ0v) is 14.5. The standard InChI is InChI=1S/C19H24FN3O2/c1-3-21-19(23-13-15-4-8-17(24)9-5-15)22-12-14(2)25-18-10-6-16(20)7-11-18/h4-11,14,24H,3,12-13H2,1-2H3,(H2,21,22,23). The number of guanidine groups is 1. The summed E-state index contributed by atoms with van der Waals surface area (Å²) < 4.78 is 18.6. The van der Waals surface area contributed by atoms with Crippen molar-refractivity contribution < 1.29 is 14.2 Å². The van der Waals surface area contributed by atoms with Crippen molar-refractivity contribution in [1.82, 2.24) is 10.6 Å². The van der Waals surface area contributed by atoms with Gasteiger partial charge in [-0.3, -0.25) is 0 Å². The fourth-order valence-corrected chi connectivity index (χ4v) is 2.14. The van der Waals surface area contributed by atoms with Crippen LogP contribution in [0.5, 0.6) is 11.5 Å². The van der Waals surface area contributed by atoms with Gasteiger partial charge in [0.1, 0.15) is 23.4 Å². The van der Waals surface area contributed by atoms with Crippen LogP contribution in [0.1, 0.15) is 19.4 Å². The Hall–Kier alpha value is -2.76. The first kappa shape index (κ1) is 18.6. The Morgan fingerprint density at radius 1 is 1.12 bits per heavy atom. The summed E-state index contributed by atoms with van der Waals surface area (Å²) in [6.07, 6.45) is -0.108. The van der Waals surface area contributed by atoms with Crippen LogP contribution in [0.15, 0.2) is 53.5 Å². The lowest BCUT2D eigenvalue weighted by atomic mass is 10.2. The largest absolute Gasteiger partial charge is 0.508 e. The van der Waals surface area contributed by atoms with Crippen molar-refractivity contribution in [3.63, 3.8) is 0 Å². The highest BCUT2D eigenvalue weighted by Crippen LogP contribution is 2.13. The van der Waals surface area contributed by atoms with Gasteiger partial charge in [-0.2, -0.15) is 0 Å². The molecule has 0 aliphatic carbocycles. The van der Waals surface area contributed by atoms with E-state index in [1.165, 1.54) is 12.1 Å². The number of phenolic OH excluding ortho intramolecular Hbond substituents is 1. The molecule has 0 amide bonds. The van der Waals surface area contributed by atoms with Crippen molar-refractivity contribution in [2.45, 2.75) is 26.5 Å². The molecule has 0 aliphatic heterocycles.